The van der Waals surface area contributed by atoms with Gasteiger partial charge >= 0.3 is 0 Å². The van der Waals surface area contributed by atoms with Crippen molar-refractivity contribution < 1.29 is 4.74 Å². The van der Waals surface area contributed by atoms with E-state index in [0.29, 0.717) is 12.5 Å². The number of ether oxygens (including phenoxy) is 1. The third-order valence-electron chi connectivity index (χ3n) is 2.83. The fourth-order valence-electron chi connectivity index (χ4n) is 1.74. The molecule has 0 bridgehead atoms. The predicted octanol–water partition coefficient (Wildman–Crippen LogP) is 0.765. The van der Waals surface area contributed by atoms with Gasteiger partial charge in [-0.05, 0) is 26.2 Å². The van der Waals surface area contributed by atoms with E-state index in [1.807, 2.05) is 0 Å². The van der Waals surface area contributed by atoms with Gasteiger partial charge < -0.3 is 10.1 Å². The van der Waals surface area contributed by atoms with E-state index in [2.05, 4.69) is 29.6 Å². The molecule has 1 fully saturated rings. The molecule has 0 amide bonds. The normalized spacial score (nSPS) is 25.8. The first-order chi connectivity index (χ1) is 7.70. The summed E-state index contributed by atoms with van der Waals surface area (Å²) in [6.07, 6.45) is 4.48. The van der Waals surface area contributed by atoms with Gasteiger partial charge in [-0.2, -0.15) is 0 Å². The lowest BCUT2D eigenvalue weighted by Gasteiger charge is -2.21. The molecular formula is C11H24N4O. The van der Waals surface area contributed by atoms with Crippen LogP contribution in [0.5, 0.6) is 0 Å². The van der Waals surface area contributed by atoms with Crippen molar-refractivity contribution in [2.24, 2.45) is 10.8 Å². The molecule has 16 heavy (non-hydrogen) atoms. The molecule has 1 aliphatic heterocycles. The molecule has 1 rings (SSSR count). The summed E-state index contributed by atoms with van der Waals surface area (Å²) in [5, 5.41) is 3.17. The minimum atomic E-state index is -0.103. The molecule has 0 spiro atoms. The largest absolute Gasteiger partial charge is 0.373 e. The lowest BCUT2D eigenvalue weighted by molar-refractivity contribution is 0.0283. The van der Waals surface area contributed by atoms with E-state index in [9.17, 15) is 0 Å². The second-order valence-electron chi connectivity index (χ2n) is 4.49. The van der Waals surface area contributed by atoms with E-state index >= 15 is 0 Å². The predicted molar refractivity (Wildman–Crippen MR) is 66.1 cm³/mol. The molecule has 1 aliphatic rings. The zero-order valence-electron chi connectivity index (χ0n) is 10.4. The highest BCUT2D eigenvalue weighted by Crippen LogP contribution is 2.24. The van der Waals surface area contributed by atoms with E-state index < -0.39 is 0 Å². The van der Waals surface area contributed by atoms with Crippen molar-refractivity contribution in [1.29, 1.82) is 0 Å². The lowest BCUT2D eigenvalue weighted by Crippen LogP contribution is -2.43. The van der Waals surface area contributed by atoms with Crippen LogP contribution >= 0.6 is 0 Å². The van der Waals surface area contributed by atoms with Crippen molar-refractivity contribution in [3.63, 3.8) is 0 Å². The van der Waals surface area contributed by atoms with E-state index in [1.54, 1.807) is 0 Å². The highest BCUT2D eigenvalue weighted by atomic mass is 16.5. The van der Waals surface area contributed by atoms with Crippen LogP contribution in [-0.4, -0.2) is 31.3 Å². The van der Waals surface area contributed by atoms with Gasteiger partial charge in [0.1, 0.15) is 0 Å². The summed E-state index contributed by atoms with van der Waals surface area (Å²) in [6, 6.07) is 0. The monoisotopic (exact) mass is 228 g/mol. The summed E-state index contributed by atoms with van der Waals surface area (Å²) in [4.78, 5) is 4.41. The first-order valence-corrected chi connectivity index (χ1v) is 6.09. The number of rotatable bonds is 5. The van der Waals surface area contributed by atoms with Crippen LogP contribution in [0.2, 0.25) is 0 Å². The summed E-state index contributed by atoms with van der Waals surface area (Å²) in [5.74, 6) is 6.06. The maximum Gasteiger partial charge on any atom is 0.205 e. The van der Waals surface area contributed by atoms with Gasteiger partial charge in [-0.1, -0.05) is 13.3 Å². The molecule has 4 N–H and O–H groups in total. The van der Waals surface area contributed by atoms with Crippen LogP contribution in [0.1, 0.15) is 39.5 Å². The second kappa shape index (κ2) is 6.70. The lowest BCUT2D eigenvalue weighted by atomic mass is 10.0. The van der Waals surface area contributed by atoms with Crippen molar-refractivity contribution in [3.05, 3.63) is 0 Å². The summed E-state index contributed by atoms with van der Waals surface area (Å²) in [7, 11) is 0. The number of unbranched alkanes of at least 4 members (excludes halogenated alkanes) is 1. The fraction of sp³-hybridized carbons (Fsp3) is 0.909. The van der Waals surface area contributed by atoms with Gasteiger partial charge in [0.15, 0.2) is 0 Å². The molecule has 5 heteroatoms. The first-order valence-electron chi connectivity index (χ1n) is 6.09. The Morgan fingerprint density at radius 3 is 2.94 bits per heavy atom. The quantitative estimate of drug-likeness (QED) is 0.214. The molecule has 1 saturated heterocycles. The summed E-state index contributed by atoms with van der Waals surface area (Å²) in [5.41, 5.74) is 2.48. The Balaban J connectivity index is 2.33. The SMILES string of the molecule is CCCCNC(=NCC1(C)CCCO1)NN. The number of hydrogen-bond donors (Lipinski definition) is 3. The Labute approximate surface area is 97.8 Å². The molecule has 0 aliphatic carbocycles. The topological polar surface area (TPSA) is 71.7 Å². The van der Waals surface area contributed by atoms with Crippen LogP contribution in [-0.2, 0) is 4.74 Å². The summed E-state index contributed by atoms with van der Waals surface area (Å²) >= 11 is 0. The number of hydrazine groups is 1. The van der Waals surface area contributed by atoms with Gasteiger partial charge in [-0.3, -0.25) is 5.43 Å². The van der Waals surface area contributed by atoms with Crippen LogP contribution in [0.15, 0.2) is 4.99 Å². The Bertz CT molecular complexity index is 224. The minimum absolute atomic E-state index is 0.103. The minimum Gasteiger partial charge on any atom is -0.373 e. The molecule has 0 aromatic heterocycles. The van der Waals surface area contributed by atoms with Gasteiger partial charge in [-0.25, -0.2) is 10.8 Å². The van der Waals surface area contributed by atoms with Gasteiger partial charge in [-0.15, -0.1) is 0 Å². The van der Waals surface area contributed by atoms with Crippen molar-refractivity contribution in [3.8, 4) is 0 Å². The molecule has 94 valence electrons. The molecule has 5 nitrogen and oxygen atoms in total. The number of guanidine groups is 1. The van der Waals surface area contributed by atoms with Crippen LogP contribution < -0.4 is 16.6 Å². The standard InChI is InChI=1S/C11H24N4O/c1-3-4-7-13-10(15-12)14-9-11(2)6-5-8-16-11/h3-9,12H2,1-2H3,(H2,13,14,15). The number of aliphatic imine (C=N–C) groups is 1. The zero-order valence-corrected chi connectivity index (χ0v) is 10.4. The maximum atomic E-state index is 5.66. The molecule has 1 atom stereocenters. The zero-order chi connectivity index (χ0) is 11.9. The maximum absolute atomic E-state index is 5.66. The Morgan fingerprint density at radius 1 is 1.56 bits per heavy atom. The Kier molecular flexibility index (Phi) is 5.55. The molecular weight excluding hydrogens is 204 g/mol. The van der Waals surface area contributed by atoms with Crippen molar-refractivity contribution in [2.75, 3.05) is 19.7 Å². The van der Waals surface area contributed by atoms with Crippen LogP contribution in [0.25, 0.3) is 0 Å². The van der Waals surface area contributed by atoms with Crippen molar-refractivity contribution in [1.82, 2.24) is 10.7 Å². The third-order valence-corrected chi connectivity index (χ3v) is 2.83. The first kappa shape index (κ1) is 13.3. The average Bonchev–Trinajstić information content (AvgIpc) is 2.71. The smallest absolute Gasteiger partial charge is 0.205 e. The van der Waals surface area contributed by atoms with Crippen LogP contribution in [0.4, 0.5) is 0 Å². The molecule has 0 saturated carbocycles. The third kappa shape index (κ3) is 4.37. The van der Waals surface area contributed by atoms with Crippen molar-refractivity contribution >= 4 is 5.96 Å². The highest BCUT2D eigenvalue weighted by molar-refractivity contribution is 5.79. The highest BCUT2D eigenvalue weighted by Gasteiger charge is 2.29. The fourth-order valence-corrected chi connectivity index (χ4v) is 1.74. The molecule has 0 radical (unpaired) electrons. The van der Waals surface area contributed by atoms with Crippen molar-refractivity contribution in [2.45, 2.75) is 45.1 Å². The van der Waals surface area contributed by atoms with Gasteiger partial charge in [0.2, 0.25) is 5.96 Å². The van der Waals surface area contributed by atoms with E-state index in [-0.39, 0.29) is 5.60 Å². The molecule has 1 heterocycles. The second-order valence-corrected chi connectivity index (χ2v) is 4.49. The number of nitrogens with one attached hydrogen (secondary N) is 2. The number of nitrogens with zero attached hydrogens (tertiary/aromatic N) is 1. The van der Waals surface area contributed by atoms with E-state index in [4.69, 9.17) is 10.6 Å². The number of hydrogen-bond acceptors (Lipinski definition) is 3. The Hall–Kier alpha value is -0.810. The summed E-state index contributed by atoms with van der Waals surface area (Å²) in [6.45, 7) is 6.66. The van der Waals surface area contributed by atoms with Crippen LogP contribution in [0.3, 0.4) is 0 Å². The van der Waals surface area contributed by atoms with Gasteiger partial charge in [0.05, 0.1) is 12.1 Å². The Morgan fingerprint density at radius 2 is 2.38 bits per heavy atom. The van der Waals surface area contributed by atoms with E-state index in [1.165, 1.54) is 0 Å². The molecule has 0 aromatic carbocycles. The van der Waals surface area contributed by atoms with E-state index in [0.717, 1.165) is 38.8 Å². The van der Waals surface area contributed by atoms with Gasteiger partial charge in [0.25, 0.3) is 0 Å². The average molecular weight is 228 g/mol. The van der Waals surface area contributed by atoms with Crippen LogP contribution in [0, 0.1) is 0 Å². The summed E-state index contributed by atoms with van der Waals surface area (Å²) < 4.78 is 5.66. The molecule has 0 aromatic rings. The molecule has 1 unspecified atom stereocenters. The number of nitrogens with two attached hydrogens (primary N) is 1. The van der Waals surface area contributed by atoms with Gasteiger partial charge in [0, 0.05) is 13.2 Å².